The predicted octanol–water partition coefficient (Wildman–Crippen LogP) is 0.547. The molecule has 3 atom stereocenters. The molecule has 1 saturated carbocycles. The molecule has 1 aliphatic carbocycles. The Hall–Kier alpha value is -0.570. The summed E-state index contributed by atoms with van der Waals surface area (Å²) in [5, 5.41) is 3.34. The van der Waals surface area contributed by atoms with E-state index in [4.69, 9.17) is 4.74 Å². The van der Waals surface area contributed by atoms with E-state index < -0.39 is 0 Å². The van der Waals surface area contributed by atoms with Crippen molar-refractivity contribution in [2.24, 2.45) is 11.8 Å². The fraction of sp³-hybridized carbons (Fsp3) is 0.889. The van der Waals surface area contributed by atoms with Gasteiger partial charge in [-0.25, -0.2) is 0 Å². The normalized spacial score (nSPS) is 38.6. The van der Waals surface area contributed by atoms with E-state index in [2.05, 4.69) is 5.32 Å². The molecule has 0 bridgehead atoms. The topological polar surface area (TPSA) is 38.3 Å². The molecule has 1 N–H and O–H groups in total. The van der Waals surface area contributed by atoms with Gasteiger partial charge in [0.05, 0.1) is 12.5 Å². The molecule has 2 aliphatic rings. The molecule has 3 heteroatoms. The summed E-state index contributed by atoms with van der Waals surface area (Å²) in [6, 6.07) is 0.442. The van der Waals surface area contributed by atoms with Crippen molar-refractivity contribution in [3.05, 3.63) is 0 Å². The second kappa shape index (κ2) is 3.05. The molecule has 1 saturated heterocycles. The standard InChI is InChI=1S/C9H15NO2/c1-2-12-9(11)7-6-4-3-5-10-8(6)7/h6-8,10H,2-5H2,1H3. The minimum absolute atomic E-state index is 0.00176. The summed E-state index contributed by atoms with van der Waals surface area (Å²) in [6.07, 6.45) is 2.40. The SMILES string of the molecule is CCOC(=O)C1C2CCCNC21. The molecule has 0 amide bonds. The quantitative estimate of drug-likeness (QED) is 0.613. The van der Waals surface area contributed by atoms with Crippen molar-refractivity contribution in [1.29, 1.82) is 0 Å². The lowest BCUT2D eigenvalue weighted by Crippen LogP contribution is -2.25. The minimum atomic E-state index is 0.00176. The number of hydrogen-bond acceptors (Lipinski definition) is 3. The highest BCUT2D eigenvalue weighted by molar-refractivity contribution is 5.77. The van der Waals surface area contributed by atoms with E-state index in [1.54, 1.807) is 0 Å². The highest BCUT2D eigenvalue weighted by Gasteiger charge is 2.56. The summed E-state index contributed by atoms with van der Waals surface area (Å²) in [4.78, 5) is 11.3. The van der Waals surface area contributed by atoms with Crippen LogP contribution in [-0.2, 0) is 9.53 Å². The van der Waals surface area contributed by atoms with Gasteiger partial charge < -0.3 is 10.1 Å². The Balaban J connectivity index is 1.87. The second-order valence-corrected chi connectivity index (χ2v) is 3.56. The number of nitrogens with one attached hydrogen (secondary N) is 1. The number of carbonyl (C=O) groups is 1. The molecule has 1 heterocycles. The van der Waals surface area contributed by atoms with Crippen LogP contribution < -0.4 is 5.32 Å². The van der Waals surface area contributed by atoms with Crippen LogP contribution in [0.4, 0.5) is 0 Å². The molecule has 0 radical (unpaired) electrons. The summed E-state index contributed by atoms with van der Waals surface area (Å²) >= 11 is 0. The summed E-state index contributed by atoms with van der Waals surface area (Å²) in [6.45, 7) is 3.43. The van der Waals surface area contributed by atoms with Gasteiger partial charge in [-0.1, -0.05) is 0 Å². The van der Waals surface area contributed by atoms with Crippen LogP contribution >= 0.6 is 0 Å². The summed E-state index contributed by atoms with van der Waals surface area (Å²) in [7, 11) is 0. The molecule has 3 nitrogen and oxygen atoms in total. The van der Waals surface area contributed by atoms with Gasteiger partial charge in [-0.15, -0.1) is 0 Å². The fourth-order valence-corrected chi connectivity index (χ4v) is 2.18. The zero-order valence-corrected chi connectivity index (χ0v) is 7.38. The van der Waals surface area contributed by atoms with E-state index in [1.807, 2.05) is 6.92 Å². The van der Waals surface area contributed by atoms with Gasteiger partial charge in [0.2, 0.25) is 0 Å². The van der Waals surface area contributed by atoms with Gasteiger partial charge in [0.1, 0.15) is 0 Å². The maximum atomic E-state index is 11.3. The Morgan fingerprint density at radius 2 is 2.50 bits per heavy atom. The van der Waals surface area contributed by atoms with Crippen molar-refractivity contribution in [3.8, 4) is 0 Å². The highest BCUT2D eigenvalue weighted by atomic mass is 16.5. The lowest BCUT2D eigenvalue weighted by Gasteiger charge is -2.07. The van der Waals surface area contributed by atoms with Gasteiger partial charge in [-0.2, -0.15) is 0 Å². The zero-order valence-electron chi connectivity index (χ0n) is 7.38. The Morgan fingerprint density at radius 3 is 3.08 bits per heavy atom. The molecule has 1 aliphatic heterocycles. The van der Waals surface area contributed by atoms with Gasteiger partial charge in [-0.3, -0.25) is 4.79 Å². The molecular weight excluding hydrogens is 154 g/mol. The van der Waals surface area contributed by atoms with Crippen LogP contribution in [0.1, 0.15) is 19.8 Å². The molecule has 68 valence electrons. The predicted molar refractivity (Wildman–Crippen MR) is 44.6 cm³/mol. The van der Waals surface area contributed by atoms with Crippen molar-refractivity contribution in [2.75, 3.05) is 13.2 Å². The van der Waals surface area contributed by atoms with Gasteiger partial charge in [0.25, 0.3) is 0 Å². The van der Waals surface area contributed by atoms with Crippen LogP contribution in [0.25, 0.3) is 0 Å². The average Bonchev–Trinajstić information content (AvgIpc) is 2.78. The third kappa shape index (κ3) is 1.22. The first-order chi connectivity index (χ1) is 5.84. The zero-order chi connectivity index (χ0) is 8.55. The highest BCUT2D eigenvalue weighted by Crippen LogP contribution is 2.45. The van der Waals surface area contributed by atoms with E-state index in [0.29, 0.717) is 18.6 Å². The fourth-order valence-electron chi connectivity index (χ4n) is 2.18. The lowest BCUT2D eigenvalue weighted by atomic mass is 10.1. The Kier molecular flexibility index (Phi) is 2.05. The molecule has 12 heavy (non-hydrogen) atoms. The number of fused-ring (bicyclic) bond motifs is 1. The third-order valence-corrected chi connectivity index (χ3v) is 2.82. The van der Waals surface area contributed by atoms with E-state index >= 15 is 0 Å². The van der Waals surface area contributed by atoms with Crippen molar-refractivity contribution in [3.63, 3.8) is 0 Å². The minimum Gasteiger partial charge on any atom is -0.466 e. The second-order valence-electron chi connectivity index (χ2n) is 3.56. The van der Waals surface area contributed by atoms with E-state index in [-0.39, 0.29) is 11.9 Å². The molecule has 0 aromatic rings. The number of hydrogen-bond donors (Lipinski definition) is 1. The smallest absolute Gasteiger partial charge is 0.310 e. The van der Waals surface area contributed by atoms with Crippen molar-refractivity contribution in [2.45, 2.75) is 25.8 Å². The van der Waals surface area contributed by atoms with Crippen molar-refractivity contribution >= 4 is 5.97 Å². The molecule has 2 fully saturated rings. The van der Waals surface area contributed by atoms with E-state index in [1.165, 1.54) is 12.8 Å². The van der Waals surface area contributed by atoms with E-state index in [0.717, 1.165) is 6.54 Å². The van der Waals surface area contributed by atoms with Gasteiger partial charge >= 0.3 is 5.97 Å². The summed E-state index contributed by atoms with van der Waals surface area (Å²) in [5.74, 6) is 0.757. The average molecular weight is 169 g/mol. The molecule has 0 aromatic heterocycles. The van der Waals surface area contributed by atoms with Gasteiger partial charge in [0.15, 0.2) is 0 Å². The Morgan fingerprint density at radius 1 is 1.67 bits per heavy atom. The first kappa shape index (κ1) is 8.05. The third-order valence-electron chi connectivity index (χ3n) is 2.82. The first-order valence-corrected chi connectivity index (χ1v) is 4.74. The molecule has 0 spiro atoms. The lowest BCUT2D eigenvalue weighted by molar-refractivity contribution is -0.145. The molecule has 3 unspecified atom stereocenters. The maximum Gasteiger partial charge on any atom is 0.310 e. The maximum absolute atomic E-state index is 11.3. The van der Waals surface area contributed by atoms with Crippen LogP contribution in [0.15, 0.2) is 0 Å². The molecule has 0 aromatic carbocycles. The van der Waals surface area contributed by atoms with Crippen molar-refractivity contribution < 1.29 is 9.53 Å². The monoisotopic (exact) mass is 169 g/mol. The largest absolute Gasteiger partial charge is 0.466 e. The first-order valence-electron chi connectivity index (χ1n) is 4.74. The molecular formula is C9H15NO2. The van der Waals surface area contributed by atoms with Gasteiger partial charge in [-0.05, 0) is 32.2 Å². The van der Waals surface area contributed by atoms with Gasteiger partial charge in [0, 0.05) is 6.04 Å². The number of piperidine rings is 1. The Labute approximate surface area is 72.5 Å². The summed E-state index contributed by atoms with van der Waals surface area (Å²) < 4.78 is 4.98. The van der Waals surface area contributed by atoms with Crippen molar-refractivity contribution in [1.82, 2.24) is 5.32 Å². The van der Waals surface area contributed by atoms with Crippen LogP contribution in [0.5, 0.6) is 0 Å². The number of rotatable bonds is 2. The Bertz CT molecular complexity index is 181. The molecule has 2 rings (SSSR count). The number of esters is 1. The van der Waals surface area contributed by atoms with Crippen LogP contribution in [-0.4, -0.2) is 25.2 Å². The van der Waals surface area contributed by atoms with E-state index in [9.17, 15) is 4.79 Å². The number of carbonyl (C=O) groups excluding carboxylic acids is 1. The van der Waals surface area contributed by atoms with Crippen LogP contribution in [0.2, 0.25) is 0 Å². The van der Waals surface area contributed by atoms with Crippen LogP contribution in [0, 0.1) is 11.8 Å². The van der Waals surface area contributed by atoms with Crippen LogP contribution in [0.3, 0.4) is 0 Å². The number of ether oxygens (including phenoxy) is 1. The summed E-state index contributed by atoms with van der Waals surface area (Å²) in [5.41, 5.74) is 0.